The smallest absolute Gasteiger partial charge is 0.305 e. The second kappa shape index (κ2) is 4.80. The average molecular weight is 217 g/mol. The molecule has 0 aromatic heterocycles. The molecule has 1 aromatic carbocycles. The molecule has 0 fully saturated rings. The van der Waals surface area contributed by atoms with Gasteiger partial charge in [0.15, 0.2) is 0 Å². The van der Waals surface area contributed by atoms with Gasteiger partial charge in [0, 0.05) is 0 Å². The highest BCUT2D eigenvalue weighted by Crippen LogP contribution is 2.35. The summed E-state index contributed by atoms with van der Waals surface area (Å²) in [6, 6.07) is 11.3. The Kier molecular flexibility index (Phi) is 3.68. The first-order valence-corrected chi connectivity index (χ1v) is 5.21. The van der Waals surface area contributed by atoms with Crippen LogP contribution in [0.15, 0.2) is 30.3 Å². The predicted molar refractivity (Wildman–Crippen MR) is 60.8 cm³/mol. The number of aliphatic carboxylic acids is 1. The molecular weight excluding hydrogens is 202 g/mol. The van der Waals surface area contributed by atoms with Crippen LogP contribution in [0.2, 0.25) is 0 Å². The summed E-state index contributed by atoms with van der Waals surface area (Å²) in [5.74, 6) is -0.991. The topological polar surface area (TPSA) is 61.1 Å². The van der Waals surface area contributed by atoms with Gasteiger partial charge in [-0.25, -0.2) is 0 Å². The van der Waals surface area contributed by atoms with E-state index in [1.54, 1.807) is 0 Å². The molecule has 0 saturated carbocycles. The van der Waals surface area contributed by atoms with Crippen LogP contribution < -0.4 is 0 Å². The van der Waals surface area contributed by atoms with Crippen LogP contribution in [0, 0.1) is 17.2 Å². The van der Waals surface area contributed by atoms with Crippen molar-refractivity contribution in [1.29, 1.82) is 5.26 Å². The highest BCUT2D eigenvalue weighted by Gasteiger charge is 2.38. The lowest BCUT2D eigenvalue weighted by Gasteiger charge is -2.29. The van der Waals surface area contributed by atoms with Gasteiger partial charge < -0.3 is 5.11 Å². The maximum absolute atomic E-state index is 10.9. The van der Waals surface area contributed by atoms with E-state index in [-0.39, 0.29) is 12.3 Å². The number of rotatable bonds is 4. The van der Waals surface area contributed by atoms with E-state index < -0.39 is 11.4 Å². The van der Waals surface area contributed by atoms with Gasteiger partial charge in [-0.1, -0.05) is 44.2 Å². The third kappa shape index (κ3) is 2.22. The Morgan fingerprint density at radius 1 is 1.44 bits per heavy atom. The molecule has 16 heavy (non-hydrogen) atoms. The first kappa shape index (κ1) is 12.3. The van der Waals surface area contributed by atoms with Crippen molar-refractivity contribution in [2.75, 3.05) is 0 Å². The summed E-state index contributed by atoms with van der Waals surface area (Å²) < 4.78 is 0. The van der Waals surface area contributed by atoms with Gasteiger partial charge >= 0.3 is 5.97 Å². The van der Waals surface area contributed by atoms with Crippen molar-refractivity contribution < 1.29 is 9.90 Å². The van der Waals surface area contributed by atoms with Crippen molar-refractivity contribution in [2.45, 2.75) is 25.7 Å². The lowest BCUT2D eigenvalue weighted by molar-refractivity contribution is -0.138. The third-order valence-corrected chi connectivity index (χ3v) is 2.90. The van der Waals surface area contributed by atoms with Crippen LogP contribution in [0.1, 0.15) is 25.8 Å². The molecule has 0 saturated heterocycles. The number of hydrogen-bond donors (Lipinski definition) is 1. The molecule has 1 unspecified atom stereocenters. The van der Waals surface area contributed by atoms with Crippen LogP contribution in [0.4, 0.5) is 0 Å². The van der Waals surface area contributed by atoms with Crippen LogP contribution >= 0.6 is 0 Å². The predicted octanol–water partition coefficient (Wildman–Crippen LogP) is 2.58. The fraction of sp³-hybridized carbons (Fsp3) is 0.385. The van der Waals surface area contributed by atoms with E-state index in [1.807, 2.05) is 44.2 Å². The van der Waals surface area contributed by atoms with Gasteiger partial charge in [0.05, 0.1) is 17.9 Å². The lowest BCUT2D eigenvalue weighted by atomic mass is 9.70. The molecule has 0 bridgehead atoms. The summed E-state index contributed by atoms with van der Waals surface area (Å²) in [4.78, 5) is 10.9. The Morgan fingerprint density at radius 2 is 2.00 bits per heavy atom. The zero-order valence-electron chi connectivity index (χ0n) is 9.47. The maximum atomic E-state index is 10.9. The molecule has 1 rings (SSSR count). The molecular formula is C13H15NO2. The fourth-order valence-electron chi connectivity index (χ4n) is 1.85. The second-order valence-electron chi connectivity index (χ2n) is 4.17. The Bertz CT molecular complexity index is 406. The molecule has 0 spiro atoms. The summed E-state index contributed by atoms with van der Waals surface area (Å²) in [5, 5.41) is 18.3. The van der Waals surface area contributed by atoms with Gasteiger partial charge in [0.1, 0.15) is 0 Å². The minimum absolute atomic E-state index is 0.0454. The molecule has 1 N–H and O–H groups in total. The minimum atomic E-state index is -0.945. The molecule has 0 radical (unpaired) electrons. The van der Waals surface area contributed by atoms with Crippen molar-refractivity contribution in [2.24, 2.45) is 5.92 Å². The normalized spacial score (nSPS) is 14.1. The van der Waals surface area contributed by atoms with Crippen molar-refractivity contribution in [3.05, 3.63) is 35.9 Å². The summed E-state index contributed by atoms with van der Waals surface area (Å²) >= 11 is 0. The highest BCUT2D eigenvalue weighted by atomic mass is 16.4. The quantitative estimate of drug-likeness (QED) is 0.843. The Hall–Kier alpha value is -1.82. The van der Waals surface area contributed by atoms with Crippen molar-refractivity contribution in [3.63, 3.8) is 0 Å². The van der Waals surface area contributed by atoms with Gasteiger partial charge in [-0.05, 0) is 11.5 Å². The van der Waals surface area contributed by atoms with Gasteiger partial charge in [0.2, 0.25) is 0 Å². The first-order valence-electron chi connectivity index (χ1n) is 5.21. The number of carbonyl (C=O) groups is 1. The molecule has 3 heteroatoms. The van der Waals surface area contributed by atoms with E-state index in [0.29, 0.717) is 0 Å². The molecule has 0 amide bonds. The molecule has 84 valence electrons. The lowest BCUT2D eigenvalue weighted by Crippen LogP contribution is -2.33. The standard InChI is InChI=1S/C13H15NO2/c1-10(2)13(9-14,8-12(15)16)11-6-4-3-5-7-11/h3-7,10H,8H2,1-2H3,(H,15,16). The van der Waals surface area contributed by atoms with Crippen LogP contribution in [0.25, 0.3) is 0 Å². The molecule has 1 aromatic rings. The van der Waals surface area contributed by atoms with Crippen LogP contribution in [0.5, 0.6) is 0 Å². The van der Waals surface area contributed by atoms with Gasteiger partial charge in [0.25, 0.3) is 0 Å². The van der Waals surface area contributed by atoms with Crippen molar-refractivity contribution in [3.8, 4) is 6.07 Å². The molecule has 0 aliphatic rings. The van der Waals surface area contributed by atoms with E-state index in [4.69, 9.17) is 5.11 Å². The number of nitriles is 1. The molecule has 0 aliphatic heterocycles. The summed E-state index contributed by atoms with van der Waals surface area (Å²) in [6.07, 6.45) is -0.162. The number of carboxylic acid groups (broad SMARTS) is 1. The average Bonchev–Trinajstić information content (AvgIpc) is 2.26. The number of carboxylic acids is 1. The van der Waals surface area contributed by atoms with Crippen LogP contribution in [-0.4, -0.2) is 11.1 Å². The molecule has 0 aliphatic carbocycles. The Morgan fingerprint density at radius 3 is 2.38 bits per heavy atom. The molecule has 1 atom stereocenters. The minimum Gasteiger partial charge on any atom is -0.481 e. The van der Waals surface area contributed by atoms with Crippen molar-refractivity contribution in [1.82, 2.24) is 0 Å². The van der Waals surface area contributed by atoms with E-state index in [0.717, 1.165) is 5.56 Å². The molecule has 3 nitrogen and oxygen atoms in total. The first-order chi connectivity index (χ1) is 7.53. The van der Waals surface area contributed by atoms with E-state index >= 15 is 0 Å². The summed E-state index contributed by atoms with van der Waals surface area (Å²) in [7, 11) is 0. The van der Waals surface area contributed by atoms with Gasteiger partial charge in [-0.15, -0.1) is 0 Å². The number of benzene rings is 1. The summed E-state index contributed by atoms with van der Waals surface area (Å²) in [5.41, 5.74) is -0.164. The number of nitrogens with zero attached hydrogens (tertiary/aromatic N) is 1. The third-order valence-electron chi connectivity index (χ3n) is 2.90. The maximum Gasteiger partial charge on any atom is 0.305 e. The van der Waals surface area contributed by atoms with E-state index in [2.05, 4.69) is 6.07 Å². The van der Waals surface area contributed by atoms with Crippen LogP contribution in [0.3, 0.4) is 0 Å². The number of hydrogen-bond acceptors (Lipinski definition) is 2. The zero-order valence-corrected chi connectivity index (χ0v) is 9.47. The van der Waals surface area contributed by atoms with Crippen molar-refractivity contribution >= 4 is 5.97 Å². The Labute approximate surface area is 95.3 Å². The Balaban J connectivity index is 3.24. The summed E-state index contributed by atoms with van der Waals surface area (Å²) in [6.45, 7) is 3.75. The van der Waals surface area contributed by atoms with Crippen LogP contribution in [-0.2, 0) is 10.2 Å². The second-order valence-corrected chi connectivity index (χ2v) is 4.17. The molecule has 0 heterocycles. The fourth-order valence-corrected chi connectivity index (χ4v) is 1.85. The zero-order chi connectivity index (χ0) is 12.2. The van der Waals surface area contributed by atoms with E-state index in [1.165, 1.54) is 0 Å². The SMILES string of the molecule is CC(C)C(C#N)(CC(=O)O)c1ccccc1. The van der Waals surface area contributed by atoms with E-state index in [9.17, 15) is 10.1 Å². The van der Waals surface area contributed by atoms with Gasteiger partial charge in [-0.3, -0.25) is 4.79 Å². The highest BCUT2D eigenvalue weighted by molar-refractivity contribution is 5.70. The van der Waals surface area contributed by atoms with Gasteiger partial charge in [-0.2, -0.15) is 5.26 Å². The largest absolute Gasteiger partial charge is 0.481 e. The monoisotopic (exact) mass is 217 g/mol.